The van der Waals surface area contributed by atoms with Crippen molar-refractivity contribution in [3.05, 3.63) is 105 Å². The molecule has 0 saturated carbocycles. The zero-order valence-corrected chi connectivity index (χ0v) is 19.7. The van der Waals surface area contributed by atoms with Crippen molar-refractivity contribution >= 4 is 46.3 Å². The number of para-hydroxylation sites is 1. The third-order valence-corrected chi connectivity index (χ3v) is 6.04. The molecule has 9 nitrogen and oxygen atoms in total. The van der Waals surface area contributed by atoms with Gasteiger partial charge in [-0.2, -0.15) is 0 Å². The number of hydrogen-bond acceptors (Lipinski definition) is 7. The molecule has 188 valence electrons. The minimum absolute atomic E-state index is 0.0450. The van der Waals surface area contributed by atoms with Crippen molar-refractivity contribution in [1.82, 2.24) is 4.90 Å². The second-order valence-electron chi connectivity index (χ2n) is 7.69. The summed E-state index contributed by atoms with van der Waals surface area (Å²) < 4.78 is 32.7. The minimum Gasteiger partial charge on any atom is -0.488 e. The standard InChI is InChI=1S/C25H17F2N3O6S/c26-17-7-10-20(19(27)12-17)28-23(31)13-29-24(32)22(37-25(29)33)11-16-3-1-2-4-21(16)36-14-15-5-8-18(9-6-15)30(34)35/h1-12H,13-14H2,(H,28,31)/b22-11-. The maximum atomic E-state index is 13.8. The number of rotatable bonds is 8. The summed E-state index contributed by atoms with van der Waals surface area (Å²) >= 11 is 0.633. The number of thioether (sulfide) groups is 1. The first-order chi connectivity index (χ1) is 17.7. The number of imide groups is 1. The van der Waals surface area contributed by atoms with Gasteiger partial charge >= 0.3 is 0 Å². The fourth-order valence-electron chi connectivity index (χ4n) is 3.31. The summed E-state index contributed by atoms with van der Waals surface area (Å²) in [6.45, 7) is -0.554. The fraction of sp³-hybridized carbons (Fsp3) is 0.0800. The van der Waals surface area contributed by atoms with Gasteiger partial charge in [0.15, 0.2) is 0 Å². The monoisotopic (exact) mass is 525 g/mol. The van der Waals surface area contributed by atoms with Crippen LogP contribution in [0.25, 0.3) is 6.08 Å². The predicted octanol–water partition coefficient (Wildman–Crippen LogP) is 5.13. The van der Waals surface area contributed by atoms with Crippen LogP contribution in [0.4, 0.5) is 25.0 Å². The molecule has 4 rings (SSSR count). The number of benzene rings is 3. The highest BCUT2D eigenvalue weighted by Crippen LogP contribution is 2.34. The SMILES string of the molecule is O=C(CN1C(=O)S/C(=C\c2ccccc2OCc2ccc([N+](=O)[O-])cc2)C1=O)Nc1ccc(F)cc1F. The lowest BCUT2D eigenvalue weighted by molar-refractivity contribution is -0.384. The third-order valence-electron chi connectivity index (χ3n) is 5.13. The lowest BCUT2D eigenvalue weighted by atomic mass is 10.1. The van der Waals surface area contributed by atoms with E-state index in [9.17, 15) is 33.3 Å². The summed E-state index contributed by atoms with van der Waals surface area (Å²) in [5.41, 5.74) is 0.849. The van der Waals surface area contributed by atoms with Gasteiger partial charge in [-0.25, -0.2) is 8.78 Å². The van der Waals surface area contributed by atoms with E-state index < -0.39 is 40.2 Å². The molecule has 12 heteroatoms. The van der Waals surface area contributed by atoms with Gasteiger partial charge in [0.25, 0.3) is 16.8 Å². The highest BCUT2D eigenvalue weighted by molar-refractivity contribution is 8.18. The van der Waals surface area contributed by atoms with Crippen LogP contribution in [0, 0.1) is 21.7 Å². The summed E-state index contributed by atoms with van der Waals surface area (Å²) in [4.78, 5) is 48.6. The number of halogens is 2. The molecule has 0 atom stereocenters. The molecule has 37 heavy (non-hydrogen) atoms. The van der Waals surface area contributed by atoms with Crippen LogP contribution in [-0.2, 0) is 16.2 Å². The Bertz CT molecular complexity index is 1430. The first kappa shape index (κ1) is 25.5. The van der Waals surface area contributed by atoms with Crippen molar-refractivity contribution in [3.8, 4) is 5.75 Å². The molecule has 1 saturated heterocycles. The first-order valence-electron chi connectivity index (χ1n) is 10.7. The molecule has 1 aliphatic heterocycles. The highest BCUT2D eigenvalue weighted by Gasteiger charge is 2.36. The van der Waals surface area contributed by atoms with E-state index in [1.807, 2.05) is 0 Å². The zero-order valence-electron chi connectivity index (χ0n) is 18.9. The van der Waals surface area contributed by atoms with E-state index in [4.69, 9.17) is 4.74 Å². The average molecular weight is 525 g/mol. The zero-order chi connectivity index (χ0) is 26.5. The Hall–Kier alpha value is -4.58. The summed E-state index contributed by atoms with van der Waals surface area (Å²) in [6, 6.07) is 15.2. The Morgan fingerprint density at radius 2 is 1.81 bits per heavy atom. The van der Waals surface area contributed by atoms with E-state index in [1.165, 1.54) is 18.2 Å². The molecule has 3 aromatic carbocycles. The number of hydrogen-bond donors (Lipinski definition) is 1. The number of non-ortho nitro benzene ring substituents is 1. The van der Waals surface area contributed by atoms with Gasteiger partial charge in [0.2, 0.25) is 5.91 Å². The molecule has 1 fully saturated rings. The van der Waals surface area contributed by atoms with Crippen molar-refractivity contribution < 1.29 is 32.8 Å². The summed E-state index contributed by atoms with van der Waals surface area (Å²) in [6.07, 6.45) is 1.45. The van der Waals surface area contributed by atoms with Gasteiger partial charge in [0, 0.05) is 23.8 Å². The number of nitrogens with zero attached hydrogens (tertiary/aromatic N) is 2. The summed E-state index contributed by atoms with van der Waals surface area (Å²) in [7, 11) is 0. The number of nitro groups is 1. The lowest BCUT2D eigenvalue weighted by Gasteiger charge is -2.13. The van der Waals surface area contributed by atoms with Crippen LogP contribution < -0.4 is 10.1 Å². The predicted molar refractivity (Wildman–Crippen MR) is 132 cm³/mol. The molecular weight excluding hydrogens is 508 g/mol. The number of amides is 3. The van der Waals surface area contributed by atoms with Gasteiger partial charge in [-0.15, -0.1) is 0 Å². The van der Waals surface area contributed by atoms with Crippen LogP contribution >= 0.6 is 11.8 Å². The molecule has 0 aromatic heterocycles. The van der Waals surface area contributed by atoms with Gasteiger partial charge in [0.05, 0.1) is 15.5 Å². The van der Waals surface area contributed by atoms with Crippen LogP contribution in [0.2, 0.25) is 0 Å². The molecule has 0 unspecified atom stereocenters. The van der Waals surface area contributed by atoms with Crippen molar-refractivity contribution in [2.24, 2.45) is 0 Å². The maximum absolute atomic E-state index is 13.8. The summed E-state index contributed by atoms with van der Waals surface area (Å²) in [5, 5.41) is 12.3. The van der Waals surface area contributed by atoms with Gasteiger partial charge in [0.1, 0.15) is 30.5 Å². The van der Waals surface area contributed by atoms with Gasteiger partial charge < -0.3 is 10.1 Å². The Labute approximate surface area is 212 Å². The summed E-state index contributed by atoms with van der Waals surface area (Å²) in [5.74, 6) is -2.95. The average Bonchev–Trinajstić information content (AvgIpc) is 3.12. The highest BCUT2D eigenvalue weighted by atomic mass is 32.2. The van der Waals surface area contributed by atoms with Crippen LogP contribution in [0.15, 0.2) is 71.6 Å². The van der Waals surface area contributed by atoms with Crippen LogP contribution in [0.1, 0.15) is 11.1 Å². The first-order valence-corrected chi connectivity index (χ1v) is 11.5. The molecule has 0 aliphatic carbocycles. The van der Waals surface area contributed by atoms with Crippen molar-refractivity contribution in [2.75, 3.05) is 11.9 Å². The smallest absolute Gasteiger partial charge is 0.294 e. The number of nitro benzene ring substituents is 1. The van der Waals surface area contributed by atoms with E-state index in [2.05, 4.69) is 5.32 Å². The number of carbonyl (C=O) groups excluding carboxylic acids is 3. The second-order valence-corrected chi connectivity index (χ2v) is 8.68. The van der Waals surface area contributed by atoms with E-state index in [1.54, 1.807) is 36.4 Å². The Balaban J connectivity index is 1.44. The third kappa shape index (κ3) is 6.16. The second kappa shape index (κ2) is 11.0. The van der Waals surface area contributed by atoms with Gasteiger partial charge in [-0.05, 0) is 53.7 Å². The van der Waals surface area contributed by atoms with Gasteiger partial charge in [-0.3, -0.25) is 29.4 Å². The molecule has 3 aromatic rings. The molecule has 1 aliphatic rings. The molecule has 3 amide bonds. The van der Waals surface area contributed by atoms with Crippen molar-refractivity contribution in [3.63, 3.8) is 0 Å². The van der Waals surface area contributed by atoms with Crippen LogP contribution in [0.5, 0.6) is 5.75 Å². The number of anilines is 1. The van der Waals surface area contributed by atoms with Crippen molar-refractivity contribution in [1.29, 1.82) is 0 Å². The Morgan fingerprint density at radius 1 is 1.08 bits per heavy atom. The normalized spacial score (nSPS) is 14.2. The fourth-order valence-corrected chi connectivity index (χ4v) is 4.14. The number of ether oxygens (including phenoxy) is 1. The number of nitrogens with one attached hydrogen (secondary N) is 1. The molecule has 1 heterocycles. The minimum atomic E-state index is -0.993. The lowest BCUT2D eigenvalue weighted by Crippen LogP contribution is -2.36. The maximum Gasteiger partial charge on any atom is 0.294 e. The number of carbonyl (C=O) groups is 3. The molecule has 1 N–H and O–H groups in total. The molecule has 0 bridgehead atoms. The van der Waals surface area contributed by atoms with Crippen LogP contribution in [-0.4, -0.2) is 33.4 Å². The van der Waals surface area contributed by atoms with Crippen LogP contribution in [0.3, 0.4) is 0 Å². The van der Waals surface area contributed by atoms with E-state index in [-0.39, 0.29) is 22.9 Å². The quantitative estimate of drug-likeness (QED) is 0.246. The van der Waals surface area contributed by atoms with Gasteiger partial charge in [-0.1, -0.05) is 18.2 Å². The van der Waals surface area contributed by atoms with E-state index in [0.717, 1.165) is 12.1 Å². The largest absolute Gasteiger partial charge is 0.488 e. The molecule has 0 radical (unpaired) electrons. The molecular formula is C25H17F2N3O6S. The van der Waals surface area contributed by atoms with Crippen molar-refractivity contribution in [2.45, 2.75) is 6.61 Å². The topological polar surface area (TPSA) is 119 Å². The van der Waals surface area contributed by atoms with E-state index >= 15 is 0 Å². The Kier molecular flexibility index (Phi) is 7.58. The van der Waals surface area contributed by atoms with E-state index in [0.29, 0.717) is 39.6 Å². The molecule has 0 spiro atoms. The Morgan fingerprint density at radius 3 is 2.51 bits per heavy atom.